The first-order valence-electron chi connectivity index (χ1n) is 8.26. The van der Waals surface area contributed by atoms with Crippen LogP contribution in [0.2, 0.25) is 0 Å². The first-order chi connectivity index (χ1) is 12.3. The zero-order chi connectivity index (χ0) is 19.3. The highest BCUT2D eigenvalue weighted by Gasteiger charge is 2.19. The molecule has 0 unspecified atom stereocenters. The van der Waals surface area contributed by atoms with Gasteiger partial charge in [0.05, 0.1) is 17.1 Å². The van der Waals surface area contributed by atoms with Gasteiger partial charge in [0.1, 0.15) is 11.4 Å². The van der Waals surface area contributed by atoms with Crippen molar-refractivity contribution in [2.24, 2.45) is 5.92 Å². The van der Waals surface area contributed by atoms with Gasteiger partial charge in [-0.15, -0.1) is 0 Å². The number of nitro groups is 1. The SMILES string of the molecule is Cc1ccc(NC(=O)c2cc(Br)ccc2OCCC(C)C)c([N+](=O)[O-])c1. The molecule has 0 bridgehead atoms. The number of hydrogen-bond donors (Lipinski definition) is 1. The molecule has 0 aliphatic rings. The Morgan fingerprint density at radius 2 is 2.00 bits per heavy atom. The predicted octanol–water partition coefficient (Wildman–Crippen LogP) is 5.34. The molecular formula is C19H21BrN2O4. The number of benzene rings is 2. The van der Waals surface area contributed by atoms with Crippen molar-refractivity contribution >= 4 is 33.2 Å². The van der Waals surface area contributed by atoms with E-state index in [0.717, 1.165) is 16.5 Å². The lowest BCUT2D eigenvalue weighted by atomic mass is 10.1. The largest absolute Gasteiger partial charge is 0.493 e. The number of halogens is 1. The predicted molar refractivity (Wildman–Crippen MR) is 105 cm³/mol. The van der Waals surface area contributed by atoms with Crippen molar-refractivity contribution in [1.82, 2.24) is 0 Å². The molecule has 0 atom stereocenters. The number of hydrogen-bond acceptors (Lipinski definition) is 4. The molecule has 0 heterocycles. The summed E-state index contributed by atoms with van der Waals surface area (Å²) in [4.78, 5) is 23.4. The van der Waals surface area contributed by atoms with Crippen molar-refractivity contribution in [2.45, 2.75) is 27.2 Å². The summed E-state index contributed by atoms with van der Waals surface area (Å²) >= 11 is 3.34. The molecule has 26 heavy (non-hydrogen) atoms. The average Bonchev–Trinajstić information content (AvgIpc) is 2.57. The van der Waals surface area contributed by atoms with Crippen LogP contribution in [0.1, 0.15) is 36.2 Å². The molecule has 0 spiro atoms. The molecule has 0 aliphatic heterocycles. The van der Waals surface area contributed by atoms with Crippen LogP contribution < -0.4 is 10.1 Å². The summed E-state index contributed by atoms with van der Waals surface area (Å²) in [6.45, 7) is 6.43. The molecule has 2 rings (SSSR count). The van der Waals surface area contributed by atoms with E-state index in [2.05, 4.69) is 35.1 Å². The van der Waals surface area contributed by atoms with Crippen LogP contribution in [0.3, 0.4) is 0 Å². The molecule has 1 amide bonds. The van der Waals surface area contributed by atoms with Crippen molar-refractivity contribution in [3.63, 3.8) is 0 Å². The first kappa shape index (κ1) is 19.9. The molecule has 0 aromatic heterocycles. The van der Waals surface area contributed by atoms with Crippen LogP contribution in [0.25, 0.3) is 0 Å². The molecule has 6 nitrogen and oxygen atoms in total. The Morgan fingerprint density at radius 1 is 1.27 bits per heavy atom. The molecule has 0 aliphatic carbocycles. The maximum atomic E-state index is 12.7. The number of anilines is 1. The van der Waals surface area contributed by atoms with Crippen molar-refractivity contribution in [3.05, 3.63) is 62.1 Å². The van der Waals surface area contributed by atoms with E-state index in [9.17, 15) is 14.9 Å². The molecule has 1 N–H and O–H groups in total. The zero-order valence-electron chi connectivity index (χ0n) is 14.9. The summed E-state index contributed by atoms with van der Waals surface area (Å²) < 4.78 is 6.46. The number of amides is 1. The van der Waals surface area contributed by atoms with Crippen molar-refractivity contribution in [3.8, 4) is 5.75 Å². The van der Waals surface area contributed by atoms with Crippen LogP contribution in [0.4, 0.5) is 11.4 Å². The standard InChI is InChI=1S/C19H21BrN2O4/c1-12(2)8-9-26-18-7-5-14(20)11-15(18)19(23)21-16-6-4-13(3)10-17(16)22(24)25/h4-7,10-12H,8-9H2,1-3H3,(H,21,23). The monoisotopic (exact) mass is 420 g/mol. The van der Waals surface area contributed by atoms with E-state index in [0.29, 0.717) is 23.8 Å². The lowest BCUT2D eigenvalue weighted by Gasteiger charge is -2.13. The second-order valence-corrected chi connectivity index (χ2v) is 7.32. The third-order valence-corrected chi connectivity index (χ3v) is 4.23. The summed E-state index contributed by atoms with van der Waals surface area (Å²) in [5.74, 6) is 0.469. The van der Waals surface area contributed by atoms with Gasteiger partial charge in [0, 0.05) is 10.5 Å². The molecule has 0 radical (unpaired) electrons. The van der Waals surface area contributed by atoms with E-state index in [-0.39, 0.29) is 11.4 Å². The fourth-order valence-electron chi connectivity index (χ4n) is 2.30. The molecule has 2 aromatic rings. The number of carbonyl (C=O) groups is 1. The normalized spacial score (nSPS) is 10.7. The summed E-state index contributed by atoms with van der Waals surface area (Å²) in [6, 6.07) is 9.81. The van der Waals surface area contributed by atoms with Gasteiger partial charge in [-0.2, -0.15) is 0 Å². The van der Waals surface area contributed by atoms with Crippen LogP contribution in [0.15, 0.2) is 40.9 Å². The third-order valence-electron chi connectivity index (χ3n) is 3.74. The van der Waals surface area contributed by atoms with Gasteiger partial charge in [0.2, 0.25) is 0 Å². The van der Waals surface area contributed by atoms with Gasteiger partial charge in [-0.1, -0.05) is 35.8 Å². The highest BCUT2D eigenvalue weighted by molar-refractivity contribution is 9.10. The maximum absolute atomic E-state index is 12.7. The van der Waals surface area contributed by atoms with Crippen molar-refractivity contribution < 1.29 is 14.5 Å². The quantitative estimate of drug-likeness (QED) is 0.483. The Hall–Kier alpha value is -2.41. The lowest BCUT2D eigenvalue weighted by Crippen LogP contribution is -2.15. The zero-order valence-corrected chi connectivity index (χ0v) is 16.5. The number of ether oxygens (including phenoxy) is 1. The number of nitrogens with zero attached hydrogens (tertiary/aromatic N) is 1. The van der Waals surface area contributed by atoms with Crippen molar-refractivity contribution in [2.75, 3.05) is 11.9 Å². The summed E-state index contributed by atoms with van der Waals surface area (Å²) in [6.07, 6.45) is 0.862. The lowest BCUT2D eigenvalue weighted by molar-refractivity contribution is -0.384. The van der Waals surface area contributed by atoms with Crippen LogP contribution >= 0.6 is 15.9 Å². The van der Waals surface area contributed by atoms with Crippen LogP contribution in [-0.2, 0) is 0 Å². The van der Waals surface area contributed by atoms with Gasteiger partial charge in [-0.05, 0) is 49.1 Å². The number of nitrogens with one attached hydrogen (secondary N) is 1. The number of rotatable bonds is 7. The van der Waals surface area contributed by atoms with E-state index in [1.807, 2.05) is 0 Å². The number of nitro benzene ring substituents is 1. The third kappa shape index (κ3) is 5.29. The van der Waals surface area contributed by atoms with Crippen LogP contribution in [0, 0.1) is 23.0 Å². The van der Waals surface area contributed by atoms with Gasteiger partial charge in [0.25, 0.3) is 11.6 Å². The molecule has 0 saturated carbocycles. The van der Waals surface area contributed by atoms with Crippen molar-refractivity contribution in [1.29, 1.82) is 0 Å². The van der Waals surface area contributed by atoms with E-state index in [4.69, 9.17) is 4.74 Å². The summed E-state index contributed by atoms with van der Waals surface area (Å²) in [7, 11) is 0. The number of carbonyl (C=O) groups excluding carboxylic acids is 1. The summed E-state index contributed by atoms with van der Waals surface area (Å²) in [5.41, 5.74) is 1.07. The Kier molecular flexibility index (Phi) is 6.74. The van der Waals surface area contributed by atoms with Gasteiger partial charge >= 0.3 is 0 Å². The highest BCUT2D eigenvalue weighted by atomic mass is 79.9. The number of aryl methyl sites for hydroxylation is 1. The minimum Gasteiger partial charge on any atom is -0.493 e. The second kappa shape index (κ2) is 8.80. The average molecular weight is 421 g/mol. The minimum absolute atomic E-state index is 0.143. The minimum atomic E-state index is -0.510. The van der Waals surface area contributed by atoms with E-state index >= 15 is 0 Å². The van der Waals surface area contributed by atoms with E-state index in [1.165, 1.54) is 12.1 Å². The molecule has 7 heteroatoms. The molecule has 0 saturated heterocycles. The van der Waals surface area contributed by atoms with Gasteiger partial charge in [-0.3, -0.25) is 14.9 Å². The smallest absolute Gasteiger partial charge is 0.293 e. The van der Waals surface area contributed by atoms with Gasteiger partial charge in [-0.25, -0.2) is 0 Å². The second-order valence-electron chi connectivity index (χ2n) is 6.40. The maximum Gasteiger partial charge on any atom is 0.293 e. The van der Waals surface area contributed by atoms with Crippen LogP contribution in [-0.4, -0.2) is 17.4 Å². The molecule has 0 fully saturated rings. The Balaban J connectivity index is 2.27. The van der Waals surface area contributed by atoms with E-state index < -0.39 is 10.8 Å². The fourth-order valence-corrected chi connectivity index (χ4v) is 2.66. The molecule has 2 aromatic carbocycles. The van der Waals surface area contributed by atoms with Crippen LogP contribution in [0.5, 0.6) is 5.75 Å². The Morgan fingerprint density at radius 3 is 2.65 bits per heavy atom. The van der Waals surface area contributed by atoms with Gasteiger partial charge < -0.3 is 10.1 Å². The van der Waals surface area contributed by atoms with E-state index in [1.54, 1.807) is 31.2 Å². The highest BCUT2D eigenvalue weighted by Crippen LogP contribution is 2.28. The Bertz CT molecular complexity index is 821. The Labute approximate surface area is 160 Å². The first-order valence-corrected chi connectivity index (χ1v) is 9.06. The topological polar surface area (TPSA) is 81.5 Å². The van der Waals surface area contributed by atoms with Gasteiger partial charge in [0.15, 0.2) is 0 Å². The fraction of sp³-hybridized carbons (Fsp3) is 0.316. The molecule has 138 valence electrons. The summed E-state index contributed by atoms with van der Waals surface area (Å²) in [5, 5.41) is 13.9. The molecular weight excluding hydrogens is 400 g/mol.